The first-order chi connectivity index (χ1) is 8.00. The highest BCUT2D eigenvalue weighted by molar-refractivity contribution is 5.79. The van der Waals surface area contributed by atoms with E-state index in [0.717, 1.165) is 19.5 Å². The predicted octanol–water partition coefficient (Wildman–Crippen LogP) is 1.93. The average molecular weight is 238 g/mol. The largest absolute Gasteiger partial charge is 0.353 e. The zero-order valence-corrected chi connectivity index (χ0v) is 11.4. The van der Waals surface area contributed by atoms with E-state index in [9.17, 15) is 4.79 Å². The van der Waals surface area contributed by atoms with Gasteiger partial charge in [-0.1, -0.05) is 33.6 Å². The van der Waals surface area contributed by atoms with Gasteiger partial charge in [0.25, 0.3) is 0 Å². The van der Waals surface area contributed by atoms with Gasteiger partial charge in [-0.2, -0.15) is 0 Å². The number of carbonyl (C=O) groups excluding carboxylic acids is 1. The van der Waals surface area contributed by atoms with Crippen molar-refractivity contribution in [2.45, 2.75) is 52.5 Å². The first kappa shape index (κ1) is 12.9. The monoisotopic (exact) mass is 238 g/mol. The van der Waals surface area contributed by atoms with Crippen LogP contribution in [0.15, 0.2) is 0 Å². The Morgan fingerprint density at radius 1 is 1.35 bits per heavy atom. The summed E-state index contributed by atoms with van der Waals surface area (Å²) in [5.41, 5.74) is 0.269. The molecule has 0 radical (unpaired) electrons. The molecule has 98 valence electrons. The molecule has 1 heterocycles. The van der Waals surface area contributed by atoms with Crippen molar-refractivity contribution >= 4 is 5.91 Å². The van der Waals surface area contributed by atoms with E-state index in [1.165, 1.54) is 19.3 Å². The van der Waals surface area contributed by atoms with Crippen LogP contribution in [-0.4, -0.2) is 25.0 Å². The Hall–Kier alpha value is -0.570. The van der Waals surface area contributed by atoms with E-state index in [-0.39, 0.29) is 17.2 Å². The highest BCUT2D eigenvalue weighted by atomic mass is 16.2. The third-order valence-corrected chi connectivity index (χ3v) is 4.76. The van der Waals surface area contributed by atoms with Crippen LogP contribution in [0.3, 0.4) is 0 Å². The molecule has 1 saturated heterocycles. The molecule has 2 unspecified atom stereocenters. The molecule has 17 heavy (non-hydrogen) atoms. The standard InChI is InChI=1S/C14H26N2O/c1-10(11-8-15-9-11)13(17)16-12-6-4-5-7-14(12,2)3/h10-12,15H,4-9H2,1-3H3,(H,16,17). The molecule has 2 fully saturated rings. The molecule has 1 amide bonds. The second-order valence-corrected chi connectivity index (χ2v) is 6.50. The van der Waals surface area contributed by atoms with Crippen LogP contribution in [0.1, 0.15) is 46.5 Å². The minimum Gasteiger partial charge on any atom is -0.353 e. The fourth-order valence-corrected chi connectivity index (χ4v) is 2.94. The van der Waals surface area contributed by atoms with E-state index in [1.54, 1.807) is 0 Å². The van der Waals surface area contributed by atoms with E-state index in [0.29, 0.717) is 12.0 Å². The number of amides is 1. The minimum atomic E-state index is 0.161. The molecule has 0 bridgehead atoms. The number of rotatable bonds is 3. The van der Waals surface area contributed by atoms with E-state index < -0.39 is 0 Å². The second-order valence-electron chi connectivity index (χ2n) is 6.50. The maximum atomic E-state index is 12.2. The van der Waals surface area contributed by atoms with Crippen molar-refractivity contribution in [2.24, 2.45) is 17.3 Å². The second kappa shape index (κ2) is 4.97. The van der Waals surface area contributed by atoms with E-state index in [2.05, 4.69) is 31.4 Å². The molecule has 2 aliphatic rings. The van der Waals surface area contributed by atoms with E-state index in [1.807, 2.05) is 0 Å². The van der Waals surface area contributed by atoms with Gasteiger partial charge in [0.15, 0.2) is 0 Å². The molecule has 1 aliphatic heterocycles. The van der Waals surface area contributed by atoms with Gasteiger partial charge in [0.2, 0.25) is 5.91 Å². The summed E-state index contributed by atoms with van der Waals surface area (Å²) < 4.78 is 0. The van der Waals surface area contributed by atoms with Crippen LogP contribution in [0.5, 0.6) is 0 Å². The third-order valence-electron chi connectivity index (χ3n) is 4.76. The van der Waals surface area contributed by atoms with Crippen LogP contribution in [0.2, 0.25) is 0 Å². The summed E-state index contributed by atoms with van der Waals surface area (Å²) in [4.78, 5) is 12.2. The number of hydrogen-bond donors (Lipinski definition) is 2. The minimum absolute atomic E-state index is 0.161. The molecule has 2 rings (SSSR count). The molecule has 0 aromatic heterocycles. The zero-order valence-electron chi connectivity index (χ0n) is 11.4. The summed E-state index contributed by atoms with van der Waals surface area (Å²) in [6.07, 6.45) is 4.95. The Bertz CT molecular complexity index is 284. The summed E-state index contributed by atoms with van der Waals surface area (Å²) in [6.45, 7) is 8.64. The maximum absolute atomic E-state index is 12.2. The van der Waals surface area contributed by atoms with E-state index >= 15 is 0 Å². The fourth-order valence-electron chi connectivity index (χ4n) is 2.94. The molecule has 2 N–H and O–H groups in total. The van der Waals surface area contributed by atoms with Crippen molar-refractivity contribution in [3.05, 3.63) is 0 Å². The lowest BCUT2D eigenvalue weighted by atomic mass is 9.73. The summed E-state index contributed by atoms with van der Waals surface area (Å²) in [5, 5.41) is 6.53. The van der Waals surface area contributed by atoms with Crippen molar-refractivity contribution in [1.82, 2.24) is 10.6 Å². The Morgan fingerprint density at radius 2 is 2.06 bits per heavy atom. The zero-order chi connectivity index (χ0) is 12.5. The molecule has 3 heteroatoms. The quantitative estimate of drug-likeness (QED) is 0.789. The number of nitrogens with one attached hydrogen (secondary N) is 2. The Balaban J connectivity index is 1.88. The van der Waals surface area contributed by atoms with Crippen LogP contribution in [0.25, 0.3) is 0 Å². The van der Waals surface area contributed by atoms with Crippen LogP contribution < -0.4 is 10.6 Å². The first-order valence-corrected chi connectivity index (χ1v) is 7.02. The SMILES string of the molecule is CC(C(=O)NC1CCCCC1(C)C)C1CNC1. The van der Waals surface area contributed by atoms with Crippen molar-refractivity contribution in [2.75, 3.05) is 13.1 Å². The molecular weight excluding hydrogens is 212 g/mol. The van der Waals surface area contributed by atoms with Gasteiger partial charge < -0.3 is 10.6 Å². The highest BCUT2D eigenvalue weighted by Crippen LogP contribution is 2.35. The van der Waals surface area contributed by atoms with Gasteiger partial charge in [0.1, 0.15) is 0 Å². The van der Waals surface area contributed by atoms with Crippen molar-refractivity contribution in [1.29, 1.82) is 0 Å². The number of hydrogen-bond acceptors (Lipinski definition) is 2. The molecule has 3 nitrogen and oxygen atoms in total. The van der Waals surface area contributed by atoms with Gasteiger partial charge in [-0.3, -0.25) is 4.79 Å². The Labute approximate surface area is 105 Å². The summed E-state index contributed by atoms with van der Waals surface area (Å²) >= 11 is 0. The lowest BCUT2D eigenvalue weighted by Gasteiger charge is -2.40. The molecule has 1 aliphatic carbocycles. The van der Waals surface area contributed by atoms with E-state index in [4.69, 9.17) is 0 Å². The lowest BCUT2D eigenvalue weighted by molar-refractivity contribution is -0.128. The normalized spacial score (nSPS) is 30.4. The summed E-state index contributed by atoms with van der Waals surface area (Å²) in [5.74, 6) is 0.965. The van der Waals surface area contributed by atoms with Gasteiger partial charge in [0, 0.05) is 12.0 Å². The van der Waals surface area contributed by atoms with Crippen molar-refractivity contribution in [3.63, 3.8) is 0 Å². The Morgan fingerprint density at radius 3 is 2.59 bits per heavy atom. The maximum Gasteiger partial charge on any atom is 0.223 e. The molecular formula is C14H26N2O. The van der Waals surface area contributed by atoms with Gasteiger partial charge in [-0.15, -0.1) is 0 Å². The van der Waals surface area contributed by atoms with Crippen LogP contribution in [0.4, 0.5) is 0 Å². The van der Waals surface area contributed by atoms with Crippen LogP contribution >= 0.6 is 0 Å². The highest BCUT2D eigenvalue weighted by Gasteiger charge is 2.36. The Kier molecular flexibility index (Phi) is 3.76. The van der Waals surface area contributed by atoms with Crippen LogP contribution in [-0.2, 0) is 4.79 Å². The average Bonchev–Trinajstić information content (AvgIpc) is 2.18. The summed E-state index contributed by atoms with van der Waals surface area (Å²) in [6, 6.07) is 0.374. The van der Waals surface area contributed by atoms with Gasteiger partial charge in [-0.25, -0.2) is 0 Å². The predicted molar refractivity (Wildman–Crippen MR) is 69.7 cm³/mol. The lowest BCUT2D eigenvalue weighted by Crippen LogP contribution is -2.53. The van der Waals surface area contributed by atoms with Crippen molar-refractivity contribution < 1.29 is 4.79 Å². The van der Waals surface area contributed by atoms with Gasteiger partial charge in [0.05, 0.1) is 0 Å². The van der Waals surface area contributed by atoms with Crippen LogP contribution in [0, 0.1) is 17.3 Å². The molecule has 0 aromatic carbocycles. The molecule has 2 atom stereocenters. The van der Waals surface area contributed by atoms with Crippen molar-refractivity contribution in [3.8, 4) is 0 Å². The number of carbonyl (C=O) groups is 1. The topological polar surface area (TPSA) is 41.1 Å². The van der Waals surface area contributed by atoms with Gasteiger partial charge >= 0.3 is 0 Å². The molecule has 1 saturated carbocycles. The fraction of sp³-hybridized carbons (Fsp3) is 0.929. The third kappa shape index (κ3) is 2.82. The first-order valence-electron chi connectivity index (χ1n) is 7.02. The summed E-state index contributed by atoms with van der Waals surface area (Å²) in [7, 11) is 0. The molecule has 0 aromatic rings. The smallest absolute Gasteiger partial charge is 0.223 e. The molecule has 0 spiro atoms. The van der Waals surface area contributed by atoms with Gasteiger partial charge in [-0.05, 0) is 37.3 Å².